The van der Waals surface area contributed by atoms with Crippen molar-refractivity contribution in [2.24, 2.45) is 0 Å². The molecule has 1 aromatic rings. The number of anilines is 1. The van der Waals surface area contributed by atoms with Crippen LogP contribution in [0.4, 0.5) is 5.69 Å². The van der Waals surface area contributed by atoms with E-state index in [1.807, 2.05) is 0 Å². The van der Waals surface area contributed by atoms with Crippen LogP contribution in [-0.4, -0.2) is 19.6 Å². The highest BCUT2D eigenvalue weighted by molar-refractivity contribution is 5.48. The Morgan fingerprint density at radius 1 is 1.05 bits per heavy atom. The summed E-state index contributed by atoms with van der Waals surface area (Å²) >= 11 is 0. The van der Waals surface area contributed by atoms with Crippen molar-refractivity contribution in [2.45, 2.75) is 59.0 Å². The molecule has 0 amide bonds. The lowest BCUT2D eigenvalue weighted by molar-refractivity contribution is 0.570. The fraction of sp³-hybridized carbons (Fsp3) is 0.647. The van der Waals surface area contributed by atoms with Gasteiger partial charge in [0.05, 0.1) is 0 Å². The number of rotatable bonds is 8. The molecule has 0 saturated carbocycles. The molecule has 2 heteroatoms. The van der Waals surface area contributed by atoms with E-state index in [-0.39, 0.29) is 0 Å². The molecule has 1 N–H and O–H groups in total. The third-order valence-electron chi connectivity index (χ3n) is 3.87. The summed E-state index contributed by atoms with van der Waals surface area (Å²) < 4.78 is 0. The van der Waals surface area contributed by atoms with Gasteiger partial charge in [-0.25, -0.2) is 0 Å². The fourth-order valence-corrected chi connectivity index (χ4v) is 2.34. The first-order valence-corrected chi connectivity index (χ1v) is 7.66. The number of benzene rings is 1. The summed E-state index contributed by atoms with van der Waals surface area (Å²) in [5.74, 6) is 0. The van der Waals surface area contributed by atoms with Crippen molar-refractivity contribution in [1.82, 2.24) is 5.32 Å². The van der Waals surface area contributed by atoms with Crippen molar-refractivity contribution in [1.29, 1.82) is 0 Å². The quantitative estimate of drug-likeness (QED) is 0.748. The molecule has 1 rings (SSSR count). The standard InChI is InChI=1S/C17H30N2/c1-6-8-14(3)19(5)17-11-9-16(10-12-17)15(4)18-13-7-2/h9-12,14-15,18H,6-8,13H2,1-5H3. The van der Waals surface area contributed by atoms with Gasteiger partial charge in [-0.2, -0.15) is 0 Å². The molecular formula is C17H30N2. The van der Waals surface area contributed by atoms with Gasteiger partial charge in [-0.1, -0.05) is 32.4 Å². The van der Waals surface area contributed by atoms with E-state index in [0.717, 1.165) is 6.54 Å². The molecule has 0 heterocycles. The second kappa shape index (κ2) is 8.21. The Hall–Kier alpha value is -1.02. The van der Waals surface area contributed by atoms with Gasteiger partial charge in [0.25, 0.3) is 0 Å². The Balaban J connectivity index is 2.65. The minimum Gasteiger partial charge on any atom is -0.372 e. The molecule has 0 fully saturated rings. The zero-order valence-corrected chi connectivity index (χ0v) is 13.2. The van der Waals surface area contributed by atoms with Gasteiger partial charge >= 0.3 is 0 Å². The predicted molar refractivity (Wildman–Crippen MR) is 85.9 cm³/mol. The maximum absolute atomic E-state index is 3.53. The molecule has 0 saturated heterocycles. The molecular weight excluding hydrogens is 232 g/mol. The largest absolute Gasteiger partial charge is 0.372 e. The summed E-state index contributed by atoms with van der Waals surface area (Å²) in [4.78, 5) is 2.37. The van der Waals surface area contributed by atoms with Crippen LogP contribution in [0, 0.1) is 0 Å². The summed E-state index contributed by atoms with van der Waals surface area (Å²) in [6.07, 6.45) is 3.66. The van der Waals surface area contributed by atoms with Crippen LogP contribution in [0.2, 0.25) is 0 Å². The van der Waals surface area contributed by atoms with Crippen LogP contribution in [0.25, 0.3) is 0 Å². The van der Waals surface area contributed by atoms with Crippen LogP contribution in [0.15, 0.2) is 24.3 Å². The summed E-state index contributed by atoms with van der Waals surface area (Å²) in [5.41, 5.74) is 2.68. The number of nitrogens with zero attached hydrogens (tertiary/aromatic N) is 1. The number of hydrogen-bond acceptors (Lipinski definition) is 2. The molecule has 0 aliphatic carbocycles. The smallest absolute Gasteiger partial charge is 0.0366 e. The van der Waals surface area contributed by atoms with Crippen molar-refractivity contribution < 1.29 is 0 Å². The van der Waals surface area contributed by atoms with E-state index in [1.165, 1.54) is 30.5 Å². The monoisotopic (exact) mass is 262 g/mol. The third-order valence-corrected chi connectivity index (χ3v) is 3.87. The lowest BCUT2D eigenvalue weighted by Crippen LogP contribution is -2.28. The van der Waals surface area contributed by atoms with Gasteiger partial charge < -0.3 is 10.2 Å². The maximum atomic E-state index is 3.53. The molecule has 0 bridgehead atoms. The van der Waals surface area contributed by atoms with Crippen molar-refractivity contribution >= 4 is 5.69 Å². The fourth-order valence-electron chi connectivity index (χ4n) is 2.34. The van der Waals surface area contributed by atoms with E-state index >= 15 is 0 Å². The second-order valence-corrected chi connectivity index (χ2v) is 5.52. The lowest BCUT2D eigenvalue weighted by atomic mass is 10.1. The van der Waals surface area contributed by atoms with Crippen LogP contribution in [0.5, 0.6) is 0 Å². The SMILES string of the molecule is CCCNC(C)c1ccc(N(C)C(C)CCC)cc1. The van der Waals surface area contributed by atoms with Crippen LogP contribution < -0.4 is 10.2 Å². The van der Waals surface area contributed by atoms with Gasteiger partial charge in [0.2, 0.25) is 0 Å². The summed E-state index contributed by atoms with van der Waals surface area (Å²) in [5, 5.41) is 3.53. The highest BCUT2D eigenvalue weighted by Gasteiger charge is 2.10. The molecule has 0 aromatic heterocycles. The van der Waals surface area contributed by atoms with E-state index in [1.54, 1.807) is 0 Å². The number of nitrogens with one attached hydrogen (secondary N) is 1. The average Bonchev–Trinajstić information content (AvgIpc) is 2.44. The minimum atomic E-state index is 0.437. The summed E-state index contributed by atoms with van der Waals surface area (Å²) in [6.45, 7) is 10.1. The van der Waals surface area contributed by atoms with Gasteiger partial charge in [-0.05, 0) is 50.9 Å². The Labute approximate surface area is 119 Å². The van der Waals surface area contributed by atoms with E-state index in [9.17, 15) is 0 Å². The first-order valence-electron chi connectivity index (χ1n) is 7.66. The van der Waals surface area contributed by atoms with Crippen LogP contribution in [0.1, 0.15) is 58.6 Å². The molecule has 0 spiro atoms. The molecule has 2 unspecified atom stereocenters. The van der Waals surface area contributed by atoms with E-state index in [2.05, 4.69) is 69.2 Å². The van der Waals surface area contributed by atoms with E-state index in [0.29, 0.717) is 12.1 Å². The zero-order valence-electron chi connectivity index (χ0n) is 13.2. The van der Waals surface area contributed by atoms with Crippen LogP contribution >= 0.6 is 0 Å². The van der Waals surface area contributed by atoms with Gasteiger partial charge in [-0.15, -0.1) is 0 Å². The Bertz CT molecular complexity index is 345. The molecule has 108 valence electrons. The van der Waals surface area contributed by atoms with Crippen molar-refractivity contribution in [2.75, 3.05) is 18.5 Å². The van der Waals surface area contributed by atoms with E-state index in [4.69, 9.17) is 0 Å². The minimum absolute atomic E-state index is 0.437. The lowest BCUT2D eigenvalue weighted by Gasteiger charge is -2.27. The van der Waals surface area contributed by atoms with Crippen molar-refractivity contribution in [3.8, 4) is 0 Å². The molecule has 1 aromatic carbocycles. The highest BCUT2D eigenvalue weighted by Crippen LogP contribution is 2.21. The molecule has 0 radical (unpaired) electrons. The third kappa shape index (κ3) is 4.87. The first kappa shape index (κ1) is 16.0. The van der Waals surface area contributed by atoms with E-state index < -0.39 is 0 Å². The molecule has 0 aliphatic heterocycles. The average molecular weight is 262 g/mol. The van der Waals surface area contributed by atoms with Crippen LogP contribution in [-0.2, 0) is 0 Å². The van der Waals surface area contributed by atoms with Gasteiger partial charge in [0, 0.05) is 24.8 Å². The Morgan fingerprint density at radius 2 is 1.68 bits per heavy atom. The highest BCUT2D eigenvalue weighted by atomic mass is 15.1. The maximum Gasteiger partial charge on any atom is 0.0366 e. The topological polar surface area (TPSA) is 15.3 Å². The van der Waals surface area contributed by atoms with Gasteiger partial charge in [0.15, 0.2) is 0 Å². The normalized spacial score (nSPS) is 14.2. The second-order valence-electron chi connectivity index (χ2n) is 5.52. The molecule has 0 aliphatic rings. The van der Waals surface area contributed by atoms with Crippen LogP contribution in [0.3, 0.4) is 0 Å². The predicted octanol–water partition coefficient (Wildman–Crippen LogP) is 4.37. The van der Waals surface area contributed by atoms with Crippen molar-refractivity contribution in [3.05, 3.63) is 29.8 Å². The first-order chi connectivity index (χ1) is 9.10. The number of hydrogen-bond donors (Lipinski definition) is 1. The van der Waals surface area contributed by atoms with Gasteiger partial charge in [0.1, 0.15) is 0 Å². The summed E-state index contributed by atoms with van der Waals surface area (Å²) in [7, 11) is 2.19. The zero-order chi connectivity index (χ0) is 14.3. The molecule has 2 nitrogen and oxygen atoms in total. The molecule has 19 heavy (non-hydrogen) atoms. The van der Waals surface area contributed by atoms with Crippen molar-refractivity contribution in [3.63, 3.8) is 0 Å². The Morgan fingerprint density at radius 3 is 2.21 bits per heavy atom. The van der Waals surface area contributed by atoms with Gasteiger partial charge in [-0.3, -0.25) is 0 Å². The summed E-state index contributed by atoms with van der Waals surface area (Å²) in [6, 6.07) is 10.0. The molecule has 2 atom stereocenters. The Kier molecular flexibility index (Phi) is 6.93.